The zero-order chi connectivity index (χ0) is 10.6. The van der Waals surface area contributed by atoms with Crippen LogP contribution in [0.15, 0.2) is 0 Å². The summed E-state index contributed by atoms with van der Waals surface area (Å²) < 4.78 is 12.0. The van der Waals surface area contributed by atoms with E-state index in [1.165, 1.54) is 0 Å². The molecule has 0 spiro atoms. The highest BCUT2D eigenvalue weighted by Crippen LogP contribution is 2.01. The van der Waals surface area contributed by atoms with Gasteiger partial charge in [-0.3, -0.25) is 4.79 Å². The maximum atomic E-state index is 12.0. The van der Waals surface area contributed by atoms with E-state index >= 15 is 0 Å². The molecular formula is C6H12FNO5. The largest absolute Gasteiger partial charge is 0.394 e. The number of aliphatic hydroxyl groups is 4. The summed E-state index contributed by atoms with van der Waals surface area (Å²) in [7, 11) is 0. The Morgan fingerprint density at radius 1 is 1.38 bits per heavy atom. The second kappa shape index (κ2) is 5.20. The molecule has 0 aromatic carbocycles. The average molecular weight is 197 g/mol. The summed E-state index contributed by atoms with van der Waals surface area (Å²) in [5.74, 6) is -1.27. The van der Waals surface area contributed by atoms with Crippen molar-refractivity contribution in [2.75, 3.05) is 6.61 Å². The van der Waals surface area contributed by atoms with E-state index in [2.05, 4.69) is 0 Å². The van der Waals surface area contributed by atoms with Gasteiger partial charge >= 0.3 is 0 Å². The van der Waals surface area contributed by atoms with Crippen molar-refractivity contribution in [1.82, 2.24) is 0 Å². The first kappa shape index (κ1) is 12.4. The number of rotatable bonds is 5. The van der Waals surface area contributed by atoms with Crippen molar-refractivity contribution in [3.8, 4) is 0 Å². The maximum Gasteiger partial charge on any atom is 0.218 e. The van der Waals surface area contributed by atoms with Gasteiger partial charge in [0.25, 0.3) is 0 Å². The van der Waals surface area contributed by atoms with E-state index in [1.54, 1.807) is 0 Å². The fraction of sp³-hybridized carbons (Fsp3) is 0.833. The highest BCUT2D eigenvalue weighted by atomic mass is 19.1. The Labute approximate surface area is 73.4 Å². The predicted molar refractivity (Wildman–Crippen MR) is 39.2 cm³/mol. The van der Waals surface area contributed by atoms with Crippen LogP contribution in [0.1, 0.15) is 0 Å². The molecule has 78 valence electrons. The number of aliphatic hydroxyl groups excluding tert-OH is 4. The van der Waals surface area contributed by atoms with Crippen molar-refractivity contribution < 1.29 is 29.6 Å². The monoisotopic (exact) mass is 197 g/mol. The first-order chi connectivity index (χ1) is 5.91. The van der Waals surface area contributed by atoms with Gasteiger partial charge in [0, 0.05) is 0 Å². The van der Waals surface area contributed by atoms with Gasteiger partial charge in [0.15, 0.2) is 5.78 Å². The number of halogens is 1. The summed E-state index contributed by atoms with van der Waals surface area (Å²) >= 11 is 0. The summed E-state index contributed by atoms with van der Waals surface area (Å²) in [5.41, 5.74) is 4.83. The normalized spacial score (nSPS) is 20.5. The van der Waals surface area contributed by atoms with Crippen LogP contribution >= 0.6 is 0 Å². The minimum atomic E-state index is -2.60. The van der Waals surface area contributed by atoms with E-state index in [0.717, 1.165) is 0 Å². The minimum Gasteiger partial charge on any atom is -0.394 e. The topological polar surface area (TPSA) is 124 Å². The second-order valence-electron chi connectivity index (χ2n) is 2.50. The smallest absolute Gasteiger partial charge is 0.218 e. The molecule has 6 nitrogen and oxygen atoms in total. The molecule has 0 aromatic rings. The minimum absolute atomic E-state index is 0.859. The van der Waals surface area contributed by atoms with Crippen molar-refractivity contribution in [3.05, 3.63) is 0 Å². The summed E-state index contributed by atoms with van der Waals surface area (Å²) in [6, 6.07) is -1.92. The van der Waals surface area contributed by atoms with Gasteiger partial charge in [0.05, 0.1) is 6.61 Å². The lowest BCUT2D eigenvalue weighted by Gasteiger charge is -2.18. The van der Waals surface area contributed by atoms with Crippen LogP contribution < -0.4 is 5.73 Å². The summed E-state index contributed by atoms with van der Waals surface area (Å²) in [6.07, 6.45) is -6.32. The van der Waals surface area contributed by atoms with Gasteiger partial charge in [-0.2, -0.15) is 0 Å². The highest BCUT2D eigenvalue weighted by Gasteiger charge is 2.32. The predicted octanol–water partition coefficient (Wildman–Crippen LogP) is -3.12. The zero-order valence-electron chi connectivity index (χ0n) is 6.67. The number of carbonyl (C=O) groups excluding carboxylic acids is 1. The van der Waals surface area contributed by atoms with Crippen LogP contribution in [0.5, 0.6) is 0 Å². The Balaban J connectivity index is 4.25. The van der Waals surface area contributed by atoms with Crippen molar-refractivity contribution in [2.45, 2.75) is 24.6 Å². The Hall–Kier alpha value is -0.600. The number of Topliss-reactive ketones (excluding diaryl/α,β-unsaturated/α-hetero) is 1. The highest BCUT2D eigenvalue weighted by molar-refractivity contribution is 5.88. The second-order valence-corrected chi connectivity index (χ2v) is 2.50. The standard InChI is InChI=1S/C6H12FNO5/c7-6(13)3(8)5(12)4(11)2(10)1-9/h2-4,6,9-11,13H,1,8H2/t2-,3-,4-,6?/m1/s1. The van der Waals surface area contributed by atoms with Gasteiger partial charge in [-0.05, 0) is 0 Å². The van der Waals surface area contributed by atoms with Crippen LogP contribution in [-0.4, -0.2) is 57.4 Å². The fourth-order valence-electron chi connectivity index (χ4n) is 0.622. The molecule has 0 saturated heterocycles. The quantitative estimate of drug-likeness (QED) is 0.318. The van der Waals surface area contributed by atoms with Crippen LogP contribution in [0.25, 0.3) is 0 Å². The Morgan fingerprint density at radius 3 is 2.15 bits per heavy atom. The Morgan fingerprint density at radius 2 is 1.85 bits per heavy atom. The summed E-state index contributed by atoms with van der Waals surface area (Å²) in [5, 5.41) is 34.2. The number of ketones is 1. The van der Waals surface area contributed by atoms with E-state index in [0.29, 0.717) is 0 Å². The van der Waals surface area contributed by atoms with Gasteiger partial charge in [0.2, 0.25) is 6.36 Å². The Kier molecular flexibility index (Phi) is 4.96. The van der Waals surface area contributed by atoms with Crippen LogP contribution in [0.2, 0.25) is 0 Å². The molecule has 0 amide bonds. The van der Waals surface area contributed by atoms with Crippen LogP contribution in [0.3, 0.4) is 0 Å². The van der Waals surface area contributed by atoms with Gasteiger partial charge in [-0.15, -0.1) is 0 Å². The van der Waals surface area contributed by atoms with Crippen molar-refractivity contribution in [1.29, 1.82) is 0 Å². The molecule has 0 aliphatic carbocycles. The van der Waals surface area contributed by atoms with Gasteiger partial charge < -0.3 is 26.2 Å². The van der Waals surface area contributed by atoms with Crippen molar-refractivity contribution in [2.24, 2.45) is 5.73 Å². The third kappa shape index (κ3) is 3.33. The van der Waals surface area contributed by atoms with E-state index in [-0.39, 0.29) is 0 Å². The first-order valence-electron chi connectivity index (χ1n) is 3.50. The number of nitrogens with two attached hydrogens (primary N) is 1. The molecule has 0 aromatic heterocycles. The van der Waals surface area contributed by atoms with Crippen molar-refractivity contribution >= 4 is 5.78 Å². The molecule has 0 rings (SSSR count). The molecule has 6 N–H and O–H groups in total. The van der Waals surface area contributed by atoms with Crippen LogP contribution in [0, 0.1) is 0 Å². The van der Waals surface area contributed by atoms with E-state index in [1.807, 2.05) is 0 Å². The molecule has 0 saturated carbocycles. The maximum absolute atomic E-state index is 12.0. The van der Waals surface area contributed by atoms with Crippen LogP contribution in [0.4, 0.5) is 4.39 Å². The molecule has 13 heavy (non-hydrogen) atoms. The van der Waals surface area contributed by atoms with E-state index in [4.69, 9.17) is 26.2 Å². The third-order valence-electron chi connectivity index (χ3n) is 1.47. The van der Waals surface area contributed by atoms with Gasteiger partial charge in [-0.25, -0.2) is 4.39 Å². The van der Waals surface area contributed by atoms with E-state index in [9.17, 15) is 9.18 Å². The van der Waals surface area contributed by atoms with Crippen molar-refractivity contribution in [3.63, 3.8) is 0 Å². The van der Waals surface area contributed by atoms with Crippen LogP contribution in [-0.2, 0) is 4.79 Å². The fourth-order valence-corrected chi connectivity index (χ4v) is 0.622. The molecule has 0 aliphatic heterocycles. The summed E-state index contributed by atoms with van der Waals surface area (Å²) in [6.45, 7) is -0.859. The number of hydrogen-bond acceptors (Lipinski definition) is 6. The molecular weight excluding hydrogens is 185 g/mol. The van der Waals surface area contributed by atoms with Gasteiger partial charge in [0.1, 0.15) is 18.2 Å². The molecule has 0 aliphatic rings. The Bertz CT molecular complexity index is 176. The van der Waals surface area contributed by atoms with Gasteiger partial charge in [-0.1, -0.05) is 0 Å². The zero-order valence-corrected chi connectivity index (χ0v) is 6.67. The number of alkyl halides is 1. The molecule has 0 radical (unpaired) electrons. The lowest BCUT2D eigenvalue weighted by Crippen LogP contribution is -2.49. The number of hydrogen-bond donors (Lipinski definition) is 5. The molecule has 0 bridgehead atoms. The number of carbonyl (C=O) groups is 1. The first-order valence-corrected chi connectivity index (χ1v) is 3.50. The SMILES string of the molecule is N[C@H](C(=O)[C@H](O)[C@H](O)CO)C(O)F. The molecule has 4 atom stereocenters. The average Bonchev–Trinajstić information content (AvgIpc) is 2.12. The third-order valence-corrected chi connectivity index (χ3v) is 1.47. The lowest BCUT2D eigenvalue weighted by atomic mass is 10.0. The lowest BCUT2D eigenvalue weighted by molar-refractivity contribution is -0.141. The van der Waals surface area contributed by atoms with E-state index < -0.39 is 37.0 Å². The summed E-state index contributed by atoms with van der Waals surface area (Å²) in [4.78, 5) is 10.8. The molecule has 7 heteroatoms. The molecule has 0 fully saturated rings. The molecule has 0 heterocycles. The molecule has 1 unspecified atom stereocenters.